The SMILES string of the molecule is CNC(=O)Cc1ncc(C(=O)O)c(C)n1. The van der Waals surface area contributed by atoms with Gasteiger partial charge in [-0.2, -0.15) is 0 Å². The molecule has 0 saturated carbocycles. The van der Waals surface area contributed by atoms with E-state index >= 15 is 0 Å². The molecule has 0 aliphatic carbocycles. The zero-order valence-electron chi connectivity index (χ0n) is 8.44. The van der Waals surface area contributed by atoms with Gasteiger partial charge in [0.15, 0.2) is 0 Å². The lowest BCUT2D eigenvalue weighted by Crippen LogP contribution is -2.21. The highest BCUT2D eigenvalue weighted by Crippen LogP contribution is 2.04. The summed E-state index contributed by atoms with van der Waals surface area (Å²) in [5.41, 5.74) is 0.409. The summed E-state index contributed by atoms with van der Waals surface area (Å²) < 4.78 is 0. The number of carbonyl (C=O) groups excluding carboxylic acids is 1. The number of aryl methyl sites for hydroxylation is 1. The minimum Gasteiger partial charge on any atom is -0.478 e. The lowest BCUT2D eigenvalue weighted by Gasteiger charge is -2.02. The first-order valence-electron chi connectivity index (χ1n) is 4.31. The molecule has 1 aromatic heterocycles. The van der Waals surface area contributed by atoms with E-state index in [-0.39, 0.29) is 17.9 Å². The number of hydrogen-bond donors (Lipinski definition) is 2. The van der Waals surface area contributed by atoms with Crippen LogP contribution in [0.5, 0.6) is 0 Å². The van der Waals surface area contributed by atoms with Crippen LogP contribution in [0.2, 0.25) is 0 Å². The van der Waals surface area contributed by atoms with E-state index < -0.39 is 5.97 Å². The van der Waals surface area contributed by atoms with Gasteiger partial charge in [-0.05, 0) is 6.92 Å². The van der Waals surface area contributed by atoms with Gasteiger partial charge in [0.25, 0.3) is 0 Å². The molecule has 0 bridgehead atoms. The monoisotopic (exact) mass is 209 g/mol. The van der Waals surface area contributed by atoms with Crippen LogP contribution >= 0.6 is 0 Å². The van der Waals surface area contributed by atoms with Gasteiger partial charge in [0.1, 0.15) is 5.82 Å². The van der Waals surface area contributed by atoms with Crippen molar-refractivity contribution in [3.05, 3.63) is 23.3 Å². The molecule has 80 valence electrons. The van der Waals surface area contributed by atoms with Crippen molar-refractivity contribution in [3.8, 4) is 0 Å². The minimum atomic E-state index is -1.07. The summed E-state index contributed by atoms with van der Waals surface area (Å²) in [5, 5.41) is 11.2. The highest BCUT2D eigenvalue weighted by Gasteiger charge is 2.11. The number of likely N-dealkylation sites (N-methyl/N-ethyl adjacent to an activating group) is 1. The van der Waals surface area contributed by atoms with Gasteiger partial charge in [0.2, 0.25) is 5.91 Å². The number of nitrogens with one attached hydrogen (secondary N) is 1. The molecule has 1 heterocycles. The Morgan fingerprint density at radius 3 is 2.67 bits per heavy atom. The summed E-state index contributed by atoms with van der Waals surface area (Å²) in [5.74, 6) is -0.965. The van der Waals surface area contributed by atoms with Gasteiger partial charge in [0, 0.05) is 13.2 Å². The second-order valence-electron chi connectivity index (χ2n) is 2.94. The summed E-state index contributed by atoms with van der Waals surface area (Å²) in [6, 6.07) is 0. The molecule has 0 spiro atoms. The molecule has 0 atom stereocenters. The van der Waals surface area contributed by atoms with Crippen LogP contribution in [0.15, 0.2) is 6.20 Å². The molecule has 0 saturated heterocycles. The number of nitrogens with zero attached hydrogens (tertiary/aromatic N) is 2. The lowest BCUT2D eigenvalue weighted by molar-refractivity contribution is -0.120. The quantitative estimate of drug-likeness (QED) is 0.717. The molecule has 0 fully saturated rings. The Morgan fingerprint density at radius 1 is 1.53 bits per heavy atom. The van der Waals surface area contributed by atoms with Gasteiger partial charge >= 0.3 is 5.97 Å². The highest BCUT2D eigenvalue weighted by molar-refractivity contribution is 5.88. The molecule has 6 nitrogen and oxygen atoms in total. The standard InChI is InChI=1S/C9H11N3O3/c1-5-6(9(14)15)4-11-7(12-5)3-8(13)10-2/h4H,3H2,1-2H3,(H,10,13)(H,14,15). The Bertz CT molecular complexity index is 404. The number of aromatic carboxylic acids is 1. The van der Waals surface area contributed by atoms with Crippen LogP contribution in [0, 0.1) is 6.92 Å². The third-order valence-corrected chi connectivity index (χ3v) is 1.86. The first-order chi connectivity index (χ1) is 7.04. The second-order valence-corrected chi connectivity index (χ2v) is 2.94. The van der Waals surface area contributed by atoms with Crippen molar-refractivity contribution in [3.63, 3.8) is 0 Å². The molecule has 1 rings (SSSR count). The summed E-state index contributed by atoms with van der Waals surface area (Å²) in [6.07, 6.45) is 1.26. The Labute approximate surface area is 86.4 Å². The maximum absolute atomic E-state index is 11.0. The maximum atomic E-state index is 11.0. The van der Waals surface area contributed by atoms with Crippen LogP contribution in [0.25, 0.3) is 0 Å². The normalized spacial score (nSPS) is 9.73. The summed E-state index contributed by atoms with van der Waals surface area (Å²) >= 11 is 0. The number of amides is 1. The van der Waals surface area contributed by atoms with Gasteiger partial charge in [-0.1, -0.05) is 0 Å². The summed E-state index contributed by atoms with van der Waals surface area (Å²) in [7, 11) is 1.51. The Morgan fingerprint density at radius 2 is 2.20 bits per heavy atom. The molecule has 15 heavy (non-hydrogen) atoms. The van der Waals surface area contributed by atoms with Crippen LogP contribution in [0.1, 0.15) is 21.9 Å². The molecule has 2 N–H and O–H groups in total. The number of hydrogen-bond acceptors (Lipinski definition) is 4. The van der Waals surface area contributed by atoms with Crippen molar-refractivity contribution in [2.75, 3.05) is 7.05 Å². The Kier molecular flexibility index (Phi) is 3.33. The van der Waals surface area contributed by atoms with E-state index in [4.69, 9.17) is 5.11 Å². The Balaban J connectivity index is 2.91. The van der Waals surface area contributed by atoms with E-state index in [1.54, 1.807) is 6.92 Å². The van der Waals surface area contributed by atoms with Crippen LogP contribution in [-0.4, -0.2) is 34.0 Å². The fourth-order valence-electron chi connectivity index (χ4n) is 1.04. The van der Waals surface area contributed by atoms with Gasteiger partial charge < -0.3 is 10.4 Å². The molecule has 0 aliphatic rings. The van der Waals surface area contributed by atoms with Crippen molar-refractivity contribution in [2.45, 2.75) is 13.3 Å². The predicted molar refractivity (Wildman–Crippen MR) is 51.5 cm³/mol. The first-order valence-corrected chi connectivity index (χ1v) is 4.31. The van der Waals surface area contributed by atoms with Gasteiger partial charge in [-0.25, -0.2) is 14.8 Å². The van der Waals surface area contributed by atoms with Gasteiger partial charge in [0.05, 0.1) is 17.7 Å². The topological polar surface area (TPSA) is 92.2 Å². The van der Waals surface area contributed by atoms with Crippen LogP contribution in [0.3, 0.4) is 0 Å². The second kappa shape index (κ2) is 4.50. The fraction of sp³-hybridized carbons (Fsp3) is 0.333. The third kappa shape index (κ3) is 2.73. The Hall–Kier alpha value is -1.98. The lowest BCUT2D eigenvalue weighted by atomic mass is 10.2. The van der Waals surface area contributed by atoms with Crippen molar-refractivity contribution in [1.82, 2.24) is 15.3 Å². The zero-order valence-corrected chi connectivity index (χ0v) is 8.44. The molecule has 1 aromatic rings. The molecule has 0 aromatic carbocycles. The third-order valence-electron chi connectivity index (χ3n) is 1.86. The number of rotatable bonds is 3. The molecule has 0 unspecified atom stereocenters. The van der Waals surface area contributed by atoms with Crippen molar-refractivity contribution in [2.24, 2.45) is 0 Å². The molecule has 1 amide bonds. The van der Waals surface area contributed by atoms with E-state index in [0.29, 0.717) is 11.5 Å². The number of carboxylic acids is 1. The van der Waals surface area contributed by atoms with Crippen LogP contribution in [0.4, 0.5) is 0 Å². The van der Waals surface area contributed by atoms with Crippen LogP contribution < -0.4 is 5.32 Å². The summed E-state index contributed by atoms with van der Waals surface area (Å²) in [4.78, 5) is 29.4. The smallest absolute Gasteiger partial charge is 0.339 e. The summed E-state index contributed by atoms with van der Waals surface area (Å²) in [6.45, 7) is 1.57. The molecule has 0 aliphatic heterocycles. The maximum Gasteiger partial charge on any atom is 0.339 e. The molecular weight excluding hydrogens is 198 g/mol. The van der Waals surface area contributed by atoms with Gasteiger partial charge in [-0.15, -0.1) is 0 Å². The van der Waals surface area contributed by atoms with E-state index in [1.165, 1.54) is 13.2 Å². The van der Waals surface area contributed by atoms with Crippen molar-refractivity contribution >= 4 is 11.9 Å². The number of aromatic nitrogens is 2. The highest BCUT2D eigenvalue weighted by atomic mass is 16.4. The molecular formula is C9H11N3O3. The largest absolute Gasteiger partial charge is 0.478 e. The number of carbonyl (C=O) groups is 2. The number of carboxylic acid groups (broad SMARTS) is 1. The van der Waals surface area contributed by atoms with E-state index in [9.17, 15) is 9.59 Å². The molecule has 0 radical (unpaired) electrons. The van der Waals surface area contributed by atoms with E-state index in [1.807, 2.05) is 0 Å². The van der Waals surface area contributed by atoms with Crippen LogP contribution in [-0.2, 0) is 11.2 Å². The van der Waals surface area contributed by atoms with E-state index in [2.05, 4.69) is 15.3 Å². The minimum absolute atomic E-state index is 0.0515. The fourth-order valence-corrected chi connectivity index (χ4v) is 1.04. The average molecular weight is 209 g/mol. The van der Waals surface area contributed by atoms with Crippen molar-refractivity contribution in [1.29, 1.82) is 0 Å². The average Bonchev–Trinajstić information content (AvgIpc) is 2.17. The molecule has 6 heteroatoms. The zero-order chi connectivity index (χ0) is 11.4. The predicted octanol–water partition coefficient (Wildman–Crippen LogP) is -0.228. The van der Waals surface area contributed by atoms with Gasteiger partial charge in [-0.3, -0.25) is 4.79 Å². The first kappa shape index (κ1) is 11.1. The van der Waals surface area contributed by atoms with Crippen molar-refractivity contribution < 1.29 is 14.7 Å². The van der Waals surface area contributed by atoms with E-state index in [0.717, 1.165) is 0 Å².